The summed E-state index contributed by atoms with van der Waals surface area (Å²) in [5.41, 5.74) is 2.80. The highest BCUT2D eigenvalue weighted by molar-refractivity contribution is 6.31. The van der Waals surface area contributed by atoms with E-state index in [1.54, 1.807) is 24.3 Å². The van der Waals surface area contributed by atoms with E-state index >= 15 is 0 Å². The van der Waals surface area contributed by atoms with Crippen LogP contribution in [-0.4, -0.2) is 54.3 Å². The van der Waals surface area contributed by atoms with E-state index in [9.17, 15) is 14.7 Å². The smallest absolute Gasteiger partial charge is 0.268 e. The lowest BCUT2D eigenvalue weighted by molar-refractivity contribution is -0.121. The summed E-state index contributed by atoms with van der Waals surface area (Å²) < 4.78 is 4.98. The van der Waals surface area contributed by atoms with Crippen molar-refractivity contribution in [3.63, 3.8) is 0 Å². The van der Waals surface area contributed by atoms with Crippen molar-refractivity contribution in [1.82, 2.24) is 10.3 Å². The molecule has 2 atom stereocenters. The standard InChI is InChI=1S/C22H22ClN3O4/c1-30-12-16(27)11-26-20-5-3-2-4-13(20)9-19(22(26)29)25-21(28)18-10-14-8-15(23)6-7-17(14)24-18/h2-8,10,16,19,24,27H,9,11-12H2,1H3,(H,25,28). The van der Waals surface area contributed by atoms with Gasteiger partial charge in [0.1, 0.15) is 11.7 Å². The van der Waals surface area contributed by atoms with Crippen molar-refractivity contribution in [2.45, 2.75) is 18.6 Å². The normalized spacial score (nSPS) is 17.1. The van der Waals surface area contributed by atoms with Crippen LogP contribution in [-0.2, 0) is 16.0 Å². The maximum Gasteiger partial charge on any atom is 0.268 e. The highest BCUT2D eigenvalue weighted by Crippen LogP contribution is 2.28. The number of anilines is 1. The average molecular weight is 428 g/mol. The van der Waals surface area contributed by atoms with Crippen molar-refractivity contribution in [3.8, 4) is 0 Å². The molecule has 2 heterocycles. The molecule has 0 saturated carbocycles. The number of para-hydroxylation sites is 1. The summed E-state index contributed by atoms with van der Waals surface area (Å²) in [5, 5.41) is 14.4. The SMILES string of the molecule is COCC(O)CN1C(=O)C(NC(=O)c2cc3cc(Cl)ccc3[nH]2)Cc2ccccc21. The first-order valence-electron chi connectivity index (χ1n) is 9.61. The van der Waals surface area contributed by atoms with Gasteiger partial charge >= 0.3 is 0 Å². The zero-order chi connectivity index (χ0) is 21.3. The van der Waals surface area contributed by atoms with Crippen LogP contribution in [0.4, 0.5) is 5.69 Å². The lowest BCUT2D eigenvalue weighted by Gasteiger charge is -2.35. The minimum atomic E-state index is -0.833. The first-order chi connectivity index (χ1) is 14.5. The number of nitrogens with one attached hydrogen (secondary N) is 2. The number of aliphatic hydroxyl groups is 1. The number of aliphatic hydroxyl groups excluding tert-OH is 1. The maximum absolute atomic E-state index is 13.1. The Morgan fingerprint density at radius 1 is 1.33 bits per heavy atom. The summed E-state index contributed by atoms with van der Waals surface area (Å²) in [6.07, 6.45) is -0.455. The third kappa shape index (κ3) is 4.05. The first-order valence-corrected chi connectivity index (χ1v) is 9.99. The fourth-order valence-electron chi connectivity index (χ4n) is 3.78. The zero-order valence-electron chi connectivity index (χ0n) is 16.4. The van der Waals surface area contributed by atoms with E-state index in [0.29, 0.717) is 17.1 Å². The summed E-state index contributed by atoms with van der Waals surface area (Å²) in [5.74, 6) is -0.645. The van der Waals surface area contributed by atoms with Crippen LogP contribution in [0.3, 0.4) is 0 Å². The number of amides is 2. The molecular weight excluding hydrogens is 406 g/mol. The van der Waals surface area contributed by atoms with Gasteiger partial charge < -0.3 is 25.0 Å². The van der Waals surface area contributed by atoms with Crippen molar-refractivity contribution in [3.05, 3.63) is 64.8 Å². The number of H-pyrrole nitrogens is 1. The van der Waals surface area contributed by atoms with Gasteiger partial charge in [-0.15, -0.1) is 0 Å². The first kappa shape index (κ1) is 20.4. The molecule has 1 aliphatic rings. The number of rotatable bonds is 6. The van der Waals surface area contributed by atoms with Gasteiger partial charge in [0.05, 0.1) is 19.3 Å². The zero-order valence-corrected chi connectivity index (χ0v) is 17.1. The van der Waals surface area contributed by atoms with Crippen LogP contribution in [0.25, 0.3) is 10.9 Å². The Labute approximate surface area is 178 Å². The predicted molar refractivity (Wildman–Crippen MR) is 115 cm³/mol. The predicted octanol–water partition coefficient (Wildman–Crippen LogP) is 2.52. The lowest BCUT2D eigenvalue weighted by Crippen LogP contribution is -2.54. The molecule has 0 bridgehead atoms. The van der Waals surface area contributed by atoms with Gasteiger partial charge in [-0.3, -0.25) is 9.59 Å². The Balaban J connectivity index is 1.57. The number of halogens is 1. The van der Waals surface area contributed by atoms with E-state index in [0.717, 1.165) is 22.2 Å². The molecule has 0 spiro atoms. The van der Waals surface area contributed by atoms with Crippen molar-refractivity contribution < 1.29 is 19.4 Å². The van der Waals surface area contributed by atoms with Crippen LogP contribution in [0.5, 0.6) is 0 Å². The largest absolute Gasteiger partial charge is 0.389 e. The molecule has 1 aromatic heterocycles. The molecule has 156 valence electrons. The summed E-state index contributed by atoms with van der Waals surface area (Å²) in [6.45, 7) is 0.196. The number of carbonyl (C=O) groups excluding carboxylic acids is 2. The van der Waals surface area contributed by atoms with Gasteiger partial charge in [0, 0.05) is 35.1 Å². The topological polar surface area (TPSA) is 94.7 Å². The number of β-amino-alcohol motifs (C(OH)–C–C–N with tert-alkyl or cyclic N) is 1. The molecular formula is C22H22ClN3O4. The van der Waals surface area contributed by atoms with Crippen LogP contribution in [0.1, 0.15) is 16.1 Å². The molecule has 4 rings (SSSR count). The van der Waals surface area contributed by atoms with Crippen LogP contribution >= 0.6 is 11.6 Å². The third-order valence-corrected chi connectivity index (χ3v) is 5.39. The van der Waals surface area contributed by atoms with Gasteiger partial charge in [-0.05, 0) is 35.9 Å². The molecule has 0 saturated heterocycles. The van der Waals surface area contributed by atoms with Crippen LogP contribution in [0, 0.1) is 0 Å². The van der Waals surface area contributed by atoms with Crippen LogP contribution in [0.2, 0.25) is 5.02 Å². The van der Waals surface area contributed by atoms with Gasteiger partial charge in [0.15, 0.2) is 0 Å². The highest BCUT2D eigenvalue weighted by atomic mass is 35.5. The lowest BCUT2D eigenvalue weighted by atomic mass is 9.96. The molecule has 0 fully saturated rings. The number of ether oxygens (including phenoxy) is 1. The van der Waals surface area contributed by atoms with Gasteiger partial charge in [0.25, 0.3) is 5.91 Å². The number of aromatic amines is 1. The Kier molecular flexibility index (Phi) is 5.76. The summed E-state index contributed by atoms with van der Waals surface area (Å²) in [4.78, 5) is 30.6. The van der Waals surface area contributed by atoms with E-state index in [1.807, 2.05) is 24.3 Å². The number of benzene rings is 2. The van der Waals surface area contributed by atoms with Gasteiger partial charge in [-0.25, -0.2) is 0 Å². The van der Waals surface area contributed by atoms with Crippen molar-refractivity contribution in [2.75, 3.05) is 25.2 Å². The highest BCUT2D eigenvalue weighted by Gasteiger charge is 2.35. The Morgan fingerprint density at radius 3 is 2.93 bits per heavy atom. The van der Waals surface area contributed by atoms with E-state index in [2.05, 4.69) is 10.3 Å². The molecule has 3 N–H and O–H groups in total. The summed E-state index contributed by atoms with van der Waals surface area (Å²) >= 11 is 6.02. The van der Waals surface area contributed by atoms with E-state index in [-0.39, 0.29) is 25.0 Å². The minimum absolute atomic E-state index is 0.0843. The second-order valence-electron chi connectivity index (χ2n) is 7.33. The molecule has 2 aromatic carbocycles. The van der Waals surface area contributed by atoms with Crippen molar-refractivity contribution in [2.24, 2.45) is 0 Å². The van der Waals surface area contributed by atoms with Crippen molar-refractivity contribution in [1.29, 1.82) is 0 Å². The van der Waals surface area contributed by atoms with Crippen LogP contribution < -0.4 is 10.2 Å². The number of nitrogens with zero attached hydrogens (tertiary/aromatic N) is 1. The van der Waals surface area contributed by atoms with Crippen molar-refractivity contribution >= 4 is 40.0 Å². The maximum atomic E-state index is 13.1. The minimum Gasteiger partial charge on any atom is -0.389 e. The quantitative estimate of drug-likeness (QED) is 0.563. The number of hydrogen-bond donors (Lipinski definition) is 3. The Bertz CT molecular complexity index is 1100. The average Bonchev–Trinajstić information content (AvgIpc) is 3.14. The molecule has 1 aliphatic heterocycles. The number of fused-ring (bicyclic) bond motifs is 2. The molecule has 2 amide bonds. The molecule has 0 radical (unpaired) electrons. The van der Waals surface area contributed by atoms with Crippen LogP contribution in [0.15, 0.2) is 48.5 Å². The summed E-state index contributed by atoms with van der Waals surface area (Å²) in [6, 6.07) is 13.8. The number of hydrogen-bond acceptors (Lipinski definition) is 4. The van der Waals surface area contributed by atoms with Gasteiger partial charge in [0.2, 0.25) is 5.91 Å². The second kappa shape index (κ2) is 8.47. The van der Waals surface area contributed by atoms with Gasteiger partial charge in [-0.1, -0.05) is 29.8 Å². The molecule has 7 nitrogen and oxygen atoms in total. The molecule has 3 aromatic rings. The van der Waals surface area contributed by atoms with Gasteiger partial charge in [-0.2, -0.15) is 0 Å². The summed E-state index contributed by atoms with van der Waals surface area (Å²) in [7, 11) is 1.49. The molecule has 8 heteroatoms. The number of carbonyl (C=O) groups is 2. The number of aromatic nitrogens is 1. The third-order valence-electron chi connectivity index (χ3n) is 5.16. The second-order valence-corrected chi connectivity index (χ2v) is 7.77. The molecule has 2 unspecified atom stereocenters. The van der Waals surface area contributed by atoms with E-state index in [4.69, 9.17) is 16.3 Å². The fraction of sp³-hybridized carbons (Fsp3) is 0.273. The Hall–Kier alpha value is -2.87. The van der Waals surface area contributed by atoms with E-state index < -0.39 is 12.1 Å². The number of methoxy groups -OCH3 is 1. The molecule has 30 heavy (non-hydrogen) atoms. The molecule has 0 aliphatic carbocycles. The Morgan fingerprint density at radius 2 is 2.13 bits per heavy atom. The fourth-order valence-corrected chi connectivity index (χ4v) is 3.96. The van der Waals surface area contributed by atoms with E-state index in [1.165, 1.54) is 12.0 Å². The monoisotopic (exact) mass is 427 g/mol.